The molecular weight excluding hydrogens is 356 g/mol. The number of hydrogen-bond acceptors (Lipinski definition) is 4. The lowest BCUT2D eigenvalue weighted by molar-refractivity contribution is -0.111. The van der Waals surface area contributed by atoms with Crippen molar-refractivity contribution in [2.75, 3.05) is 11.9 Å². The first-order valence-corrected chi connectivity index (χ1v) is 8.68. The zero-order valence-corrected chi connectivity index (χ0v) is 15.5. The van der Waals surface area contributed by atoms with Crippen LogP contribution < -0.4 is 14.8 Å². The van der Waals surface area contributed by atoms with Gasteiger partial charge in [-0.05, 0) is 44.0 Å². The fraction of sp³-hybridized carbons (Fsp3) is 0.368. The summed E-state index contributed by atoms with van der Waals surface area (Å²) in [7, 11) is 0. The van der Waals surface area contributed by atoms with Crippen molar-refractivity contribution < 1.29 is 23.0 Å². The molecule has 0 saturated heterocycles. The first-order valence-electron chi connectivity index (χ1n) is 8.68. The molecule has 8 heteroatoms. The highest BCUT2D eigenvalue weighted by Crippen LogP contribution is 2.30. The molecule has 0 aliphatic carbocycles. The second-order valence-corrected chi connectivity index (χ2v) is 5.76. The predicted octanol–water partition coefficient (Wildman–Crippen LogP) is 4.51. The summed E-state index contributed by atoms with van der Waals surface area (Å²) in [5.74, 6) is 0.418. The fourth-order valence-electron chi connectivity index (χ4n) is 2.37. The van der Waals surface area contributed by atoms with Crippen molar-refractivity contribution in [1.82, 2.24) is 9.78 Å². The van der Waals surface area contributed by atoms with Gasteiger partial charge in [-0.2, -0.15) is 13.9 Å². The Hall–Kier alpha value is -2.90. The zero-order chi connectivity index (χ0) is 19.8. The number of carbonyl (C=O) groups excluding carboxylic acids is 1. The lowest BCUT2D eigenvalue weighted by atomic mass is 10.2. The second kappa shape index (κ2) is 9.70. The van der Waals surface area contributed by atoms with Crippen LogP contribution in [0.5, 0.6) is 11.5 Å². The van der Waals surface area contributed by atoms with Crippen molar-refractivity contribution in [3.05, 3.63) is 42.1 Å². The standard InChI is InChI=1S/C19H23F2N3O3/c1-4-13(3)24-17(10-11-22-24)23-18(25)9-7-14-6-8-15(27-19(20)21)16(12-14)26-5-2/h6-13,19H,4-5H2,1-3H3,(H,23,25)/b9-7+. The Morgan fingerprint density at radius 2 is 2.07 bits per heavy atom. The molecule has 0 aliphatic rings. The van der Waals surface area contributed by atoms with E-state index in [1.165, 1.54) is 18.2 Å². The molecule has 1 amide bonds. The van der Waals surface area contributed by atoms with E-state index in [4.69, 9.17) is 4.74 Å². The van der Waals surface area contributed by atoms with Crippen molar-refractivity contribution >= 4 is 17.8 Å². The van der Waals surface area contributed by atoms with Gasteiger partial charge >= 0.3 is 6.61 Å². The number of nitrogens with one attached hydrogen (secondary N) is 1. The van der Waals surface area contributed by atoms with Crippen LogP contribution in [0.2, 0.25) is 0 Å². The van der Waals surface area contributed by atoms with Gasteiger partial charge in [0.15, 0.2) is 11.5 Å². The summed E-state index contributed by atoms with van der Waals surface area (Å²) in [4.78, 5) is 12.2. The van der Waals surface area contributed by atoms with E-state index in [9.17, 15) is 13.6 Å². The monoisotopic (exact) mass is 379 g/mol. The number of rotatable bonds is 9. The first-order chi connectivity index (χ1) is 12.9. The van der Waals surface area contributed by atoms with Crippen LogP contribution in [0.1, 0.15) is 38.8 Å². The summed E-state index contributed by atoms with van der Waals surface area (Å²) < 4.78 is 36.4. The number of benzene rings is 1. The van der Waals surface area contributed by atoms with E-state index in [0.29, 0.717) is 18.0 Å². The van der Waals surface area contributed by atoms with E-state index in [-0.39, 0.29) is 23.4 Å². The SMILES string of the molecule is CCOc1cc(/C=C/C(=O)Nc2ccnn2C(C)CC)ccc1OC(F)F. The van der Waals surface area contributed by atoms with Gasteiger partial charge in [0.2, 0.25) is 5.91 Å². The maximum atomic E-state index is 12.4. The summed E-state index contributed by atoms with van der Waals surface area (Å²) in [6, 6.07) is 6.37. The molecule has 0 saturated carbocycles. The molecule has 27 heavy (non-hydrogen) atoms. The van der Waals surface area contributed by atoms with Gasteiger partial charge < -0.3 is 14.8 Å². The smallest absolute Gasteiger partial charge is 0.387 e. The molecule has 146 valence electrons. The molecule has 1 aromatic heterocycles. The molecule has 0 fully saturated rings. The van der Waals surface area contributed by atoms with Crippen LogP contribution in [0.15, 0.2) is 36.5 Å². The van der Waals surface area contributed by atoms with E-state index in [1.54, 1.807) is 36.0 Å². The van der Waals surface area contributed by atoms with Crippen molar-refractivity contribution in [2.24, 2.45) is 0 Å². The molecule has 1 aromatic carbocycles. The second-order valence-electron chi connectivity index (χ2n) is 5.76. The zero-order valence-electron chi connectivity index (χ0n) is 15.5. The third-order valence-electron chi connectivity index (χ3n) is 3.84. The fourth-order valence-corrected chi connectivity index (χ4v) is 2.37. The number of alkyl halides is 2. The molecule has 0 aliphatic heterocycles. The Labute approximate surface area is 156 Å². The first kappa shape index (κ1) is 20.4. The normalized spacial score (nSPS) is 12.4. The summed E-state index contributed by atoms with van der Waals surface area (Å²) in [6.07, 6.45) is 5.43. The van der Waals surface area contributed by atoms with E-state index < -0.39 is 6.61 Å². The molecule has 0 bridgehead atoms. The molecular formula is C19H23F2N3O3. The Bertz CT molecular complexity index is 790. The van der Waals surface area contributed by atoms with Gasteiger partial charge in [0.05, 0.1) is 18.8 Å². The number of anilines is 1. The van der Waals surface area contributed by atoms with Crippen LogP contribution >= 0.6 is 0 Å². The van der Waals surface area contributed by atoms with Crippen LogP contribution in [-0.4, -0.2) is 28.9 Å². The Kier molecular flexibility index (Phi) is 7.34. The van der Waals surface area contributed by atoms with Gasteiger partial charge in [0, 0.05) is 12.1 Å². The van der Waals surface area contributed by atoms with Crippen LogP contribution in [0.3, 0.4) is 0 Å². The number of carbonyl (C=O) groups is 1. The van der Waals surface area contributed by atoms with Crippen LogP contribution in [-0.2, 0) is 4.79 Å². The predicted molar refractivity (Wildman–Crippen MR) is 99.1 cm³/mol. The number of ether oxygens (including phenoxy) is 2. The number of amides is 1. The van der Waals surface area contributed by atoms with Gasteiger partial charge in [-0.15, -0.1) is 0 Å². The third kappa shape index (κ3) is 5.80. The van der Waals surface area contributed by atoms with Crippen LogP contribution in [0.4, 0.5) is 14.6 Å². The molecule has 2 aromatic rings. The van der Waals surface area contributed by atoms with Gasteiger partial charge in [-0.25, -0.2) is 4.68 Å². The van der Waals surface area contributed by atoms with Crippen molar-refractivity contribution in [1.29, 1.82) is 0 Å². The largest absolute Gasteiger partial charge is 0.490 e. The van der Waals surface area contributed by atoms with Crippen molar-refractivity contribution in [2.45, 2.75) is 39.8 Å². The van der Waals surface area contributed by atoms with Gasteiger partial charge in [-0.1, -0.05) is 13.0 Å². The average molecular weight is 379 g/mol. The number of aromatic nitrogens is 2. The van der Waals surface area contributed by atoms with Crippen LogP contribution in [0.25, 0.3) is 6.08 Å². The van der Waals surface area contributed by atoms with E-state index in [2.05, 4.69) is 15.2 Å². The highest BCUT2D eigenvalue weighted by Gasteiger charge is 2.12. The molecule has 1 atom stereocenters. The van der Waals surface area contributed by atoms with E-state index in [1.807, 2.05) is 13.8 Å². The number of nitrogens with zero attached hydrogens (tertiary/aromatic N) is 2. The number of hydrogen-bond donors (Lipinski definition) is 1. The van der Waals surface area contributed by atoms with Gasteiger partial charge in [-0.3, -0.25) is 4.79 Å². The van der Waals surface area contributed by atoms with Crippen molar-refractivity contribution in [3.8, 4) is 11.5 Å². The van der Waals surface area contributed by atoms with Crippen LogP contribution in [0, 0.1) is 0 Å². The average Bonchev–Trinajstić information content (AvgIpc) is 3.09. The Morgan fingerprint density at radius 1 is 1.30 bits per heavy atom. The molecule has 1 heterocycles. The Balaban J connectivity index is 2.09. The minimum absolute atomic E-state index is 0.0501. The van der Waals surface area contributed by atoms with Gasteiger partial charge in [0.25, 0.3) is 0 Å². The van der Waals surface area contributed by atoms with E-state index >= 15 is 0 Å². The molecule has 0 radical (unpaired) electrons. The maximum absolute atomic E-state index is 12.4. The van der Waals surface area contributed by atoms with Gasteiger partial charge in [0.1, 0.15) is 5.82 Å². The molecule has 2 rings (SSSR count). The summed E-state index contributed by atoms with van der Waals surface area (Å²) in [5.41, 5.74) is 0.616. The lowest BCUT2D eigenvalue weighted by Crippen LogP contribution is -2.15. The molecule has 6 nitrogen and oxygen atoms in total. The van der Waals surface area contributed by atoms with Crippen molar-refractivity contribution in [3.63, 3.8) is 0 Å². The van der Waals surface area contributed by atoms with E-state index in [0.717, 1.165) is 6.42 Å². The minimum Gasteiger partial charge on any atom is -0.490 e. The number of halogens is 2. The highest BCUT2D eigenvalue weighted by molar-refractivity contribution is 6.01. The quantitative estimate of drug-likeness (QED) is 0.651. The summed E-state index contributed by atoms with van der Waals surface area (Å²) in [6.45, 7) is 3.15. The molecule has 1 N–H and O–H groups in total. The lowest BCUT2D eigenvalue weighted by Gasteiger charge is -2.13. The topological polar surface area (TPSA) is 65.4 Å². The highest BCUT2D eigenvalue weighted by atomic mass is 19.3. The molecule has 1 unspecified atom stereocenters. The summed E-state index contributed by atoms with van der Waals surface area (Å²) in [5, 5.41) is 6.98. The Morgan fingerprint density at radius 3 is 2.74 bits per heavy atom. The third-order valence-corrected chi connectivity index (χ3v) is 3.84. The molecule has 0 spiro atoms. The summed E-state index contributed by atoms with van der Waals surface area (Å²) >= 11 is 0. The maximum Gasteiger partial charge on any atom is 0.387 e. The minimum atomic E-state index is -2.94.